The van der Waals surface area contributed by atoms with Crippen molar-refractivity contribution in [3.05, 3.63) is 0 Å². The zero-order chi connectivity index (χ0) is 10.3. The van der Waals surface area contributed by atoms with E-state index in [-0.39, 0.29) is 11.4 Å². The second-order valence-corrected chi connectivity index (χ2v) is 4.61. The molecule has 0 aromatic rings. The van der Waals surface area contributed by atoms with E-state index in [0.717, 1.165) is 6.42 Å². The molecule has 0 aliphatic carbocycles. The first-order chi connectivity index (χ1) is 5.95. The van der Waals surface area contributed by atoms with Crippen LogP contribution >= 0.6 is 0 Å². The Kier molecular flexibility index (Phi) is 5.76. The number of rotatable bonds is 5. The van der Waals surface area contributed by atoms with E-state index in [1.165, 1.54) is 19.3 Å². The fourth-order valence-corrected chi connectivity index (χ4v) is 1.19. The summed E-state index contributed by atoms with van der Waals surface area (Å²) in [5.74, 6) is 0.184. The van der Waals surface area contributed by atoms with Gasteiger partial charge in [-0.1, -0.05) is 26.2 Å². The minimum absolute atomic E-state index is 0.0815. The molecular formula is C11H23NO. The Morgan fingerprint density at radius 1 is 1.15 bits per heavy atom. The van der Waals surface area contributed by atoms with Crippen molar-refractivity contribution in [1.29, 1.82) is 0 Å². The van der Waals surface area contributed by atoms with Crippen LogP contribution in [-0.2, 0) is 4.79 Å². The fraction of sp³-hybridized carbons (Fsp3) is 0.909. The SMILES string of the molecule is CCCCCCC(=O)NC(C)(C)C. The Hall–Kier alpha value is -0.530. The van der Waals surface area contributed by atoms with E-state index >= 15 is 0 Å². The number of hydrogen-bond donors (Lipinski definition) is 1. The lowest BCUT2D eigenvalue weighted by atomic mass is 10.1. The Morgan fingerprint density at radius 3 is 2.23 bits per heavy atom. The Balaban J connectivity index is 3.41. The Labute approximate surface area is 82.1 Å². The molecule has 2 nitrogen and oxygen atoms in total. The monoisotopic (exact) mass is 185 g/mol. The Bertz CT molecular complexity index is 147. The van der Waals surface area contributed by atoms with Gasteiger partial charge in [0.1, 0.15) is 0 Å². The van der Waals surface area contributed by atoms with Gasteiger partial charge in [0.05, 0.1) is 0 Å². The molecule has 0 heterocycles. The highest BCUT2D eigenvalue weighted by atomic mass is 16.1. The number of carbonyl (C=O) groups excluding carboxylic acids is 1. The molecule has 0 saturated heterocycles. The van der Waals surface area contributed by atoms with Gasteiger partial charge in [-0.3, -0.25) is 4.79 Å². The first-order valence-electron chi connectivity index (χ1n) is 5.26. The lowest BCUT2D eigenvalue weighted by molar-refractivity contribution is -0.122. The van der Waals surface area contributed by atoms with Gasteiger partial charge >= 0.3 is 0 Å². The average molecular weight is 185 g/mol. The molecule has 1 N–H and O–H groups in total. The minimum atomic E-state index is -0.0815. The maximum absolute atomic E-state index is 11.3. The molecular weight excluding hydrogens is 162 g/mol. The highest BCUT2D eigenvalue weighted by Crippen LogP contribution is 2.04. The van der Waals surface area contributed by atoms with Crippen molar-refractivity contribution in [2.45, 2.75) is 65.3 Å². The molecule has 0 spiro atoms. The van der Waals surface area contributed by atoms with Crippen LogP contribution in [0.2, 0.25) is 0 Å². The van der Waals surface area contributed by atoms with E-state index in [0.29, 0.717) is 6.42 Å². The van der Waals surface area contributed by atoms with Gasteiger partial charge < -0.3 is 5.32 Å². The van der Waals surface area contributed by atoms with Crippen molar-refractivity contribution in [2.75, 3.05) is 0 Å². The van der Waals surface area contributed by atoms with E-state index in [4.69, 9.17) is 0 Å². The molecule has 1 amide bonds. The van der Waals surface area contributed by atoms with Crippen LogP contribution in [0.5, 0.6) is 0 Å². The fourth-order valence-electron chi connectivity index (χ4n) is 1.19. The number of unbranched alkanes of at least 4 members (excludes halogenated alkanes) is 3. The second-order valence-electron chi connectivity index (χ2n) is 4.61. The molecule has 0 radical (unpaired) electrons. The molecule has 0 saturated carbocycles. The van der Waals surface area contributed by atoms with Crippen LogP contribution in [0.15, 0.2) is 0 Å². The summed E-state index contributed by atoms with van der Waals surface area (Å²) in [6, 6.07) is 0. The topological polar surface area (TPSA) is 29.1 Å². The molecule has 0 unspecified atom stereocenters. The van der Waals surface area contributed by atoms with Gasteiger partial charge in [-0.05, 0) is 27.2 Å². The first-order valence-corrected chi connectivity index (χ1v) is 5.26. The summed E-state index contributed by atoms with van der Waals surface area (Å²) in [5.41, 5.74) is -0.0815. The van der Waals surface area contributed by atoms with Gasteiger partial charge in [0, 0.05) is 12.0 Å². The molecule has 13 heavy (non-hydrogen) atoms. The molecule has 0 rings (SSSR count). The summed E-state index contributed by atoms with van der Waals surface area (Å²) in [7, 11) is 0. The van der Waals surface area contributed by atoms with Gasteiger partial charge in [-0.2, -0.15) is 0 Å². The number of nitrogens with one attached hydrogen (secondary N) is 1. The van der Waals surface area contributed by atoms with Crippen LogP contribution in [-0.4, -0.2) is 11.4 Å². The van der Waals surface area contributed by atoms with E-state index in [2.05, 4.69) is 12.2 Å². The number of hydrogen-bond acceptors (Lipinski definition) is 1. The van der Waals surface area contributed by atoms with Gasteiger partial charge in [0.15, 0.2) is 0 Å². The van der Waals surface area contributed by atoms with E-state index in [9.17, 15) is 4.79 Å². The van der Waals surface area contributed by atoms with E-state index < -0.39 is 0 Å². The molecule has 0 bridgehead atoms. The normalized spacial score (nSPS) is 11.4. The lowest BCUT2D eigenvalue weighted by Crippen LogP contribution is -2.40. The molecule has 0 aliphatic rings. The zero-order valence-corrected chi connectivity index (χ0v) is 9.44. The molecule has 0 fully saturated rings. The predicted octanol–water partition coefficient (Wildman–Crippen LogP) is 2.87. The van der Waals surface area contributed by atoms with Crippen LogP contribution < -0.4 is 5.32 Å². The maximum Gasteiger partial charge on any atom is 0.220 e. The van der Waals surface area contributed by atoms with Crippen molar-refractivity contribution in [3.63, 3.8) is 0 Å². The van der Waals surface area contributed by atoms with Gasteiger partial charge in [-0.15, -0.1) is 0 Å². The molecule has 0 aromatic carbocycles. The lowest BCUT2D eigenvalue weighted by Gasteiger charge is -2.20. The van der Waals surface area contributed by atoms with Crippen molar-refractivity contribution < 1.29 is 4.79 Å². The highest BCUT2D eigenvalue weighted by molar-refractivity contribution is 5.76. The van der Waals surface area contributed by atoms with Crippen LogP contribution in [0.3, 0.4) is 0 Å². The van der Waals surface area contributed by atoms with Gasteiger partial charge in [0.25, 0.3) is 0 Å². The smallest absolute Gasteiger partial charge is 0.220 e. The third kappa shape index (κ3) is 9.38. The molecule has 0 aliphatic heterocycles. The number of amides is 1. The standard InChI is InChI=1S/C11H23NO/c1-5-6-7-8-9-10(13)12-11(2,3)4/h5-9H2,1-4H3,(H,12,13). The zero-order valence-electron chi connectivity index (χ0n) is 9.44. The van der Waals surface area contributed by atoms with Crippen LogP contribution in [0.1, 0.15) is 59.8 Å². The summed E-state index contributed by atoms with van der Waals surface area (Å²) in [4.78, 5) is 11.3. The van der Waals surface area contributed by atoms with Crippen LogP contribution in [0.25, 0.3) is 0 Å². The van der Waals surface area contributed by atoms with E-state index in [1.54, 1.807) is 0 Å². The van der Waals surface area contributed by atoms with Crippen molar-refractivity contribution in [2.24, 2.45) is 0 Å². The van der Waals surface area contributed by atoms with Gasteiger partial charge in [-0.25, -0.2) is 0 Å². The summed E-state index contributed by atoms with van der Waals surface area (Å²) in [6.45, 7) is 8.21. The Morgan fingerprint density at radius 2 is 1.77 bits per heavy atom. The summed E-state index contributed by atoms with van der Waals surface area (Å²) < 4.78 is 0. The second kappa shape index (κ2) is 6.01. The summed E-state index contributed by atoms with van der Waals surface area (Å²) >= 11 is 0. The largest absolute Gasteiger partial charge is 0.352 e. The molecule has 0 atom stereocenters. The third-order valence-electron chi connectivity index (χ3n) is 1.77. The summed E-state index contributed by atoms with van der Waals surface area (Å²) in [6.07, 6.45) is 5.34. The average Bonchev–Trinajstić information content (AvgIpc) is 1.94. The number of carbonyl (C=O) groups is 1. The molecule has 2 heteroatoms. The van der Waals surface area contributed by atoms with Crippen molar-refractivity contribution >= 4 is 5.91 Å². The first kappa shape index (κ1) is 12.5. The van der Waals surface area contributed by atoms with Crippen molar-refractivity contribution in [3.8, 4) is 0 Å². The van der Waals surface area contributed by atoms with Crippen molar-refractivity contribution in [1.82, 2.24) is 5.32 Å². The summed E-state index contributed by atoms with van der Waals surface area (Å²) in [5, 5.41) is 2.96. The van der Waals surface area contributed by atoms with Crippen LogP contribution in [0, 0.1) is 0 Å². The van der Waals surface area contributed by atoms with Crippen LogP contribution in [0.4, 0.5) is 0 Å². The molecule has 0 aromatic heterocycles. The minimum Gasteiger partial charge on any atom is -0.352 e. The van der Waals surface area contributed by atoms with E-state index in [1.807, 2.05) is 20.8 Å². The third-order valence-corrected chi connectivity index (χ3v) is 1.77. The highest BCUT2D eigenvalue weighted by Gasteiger charge is 2.12. The van der Waals surface area contributed by atoms with Gasteiger partial charge in [0.2, 0.25) is 5.91 Å². The molecule has 78 valence electrons. The predicted molar refractivity (Wildman–Crippen MR) is 56.7 cm³/mol. The quantitative estimate of drug-likeness (QED) is 0.656. The maximum atomic E-state index is 11.3.